The van der Waals surface area contributed by atoms with Crippen LogP contribution in [0, 0.1) is 0 Å². The van der Waals surface area contributed by atoms with Gasteiger partial charge in [-0.3, -0.25) is 14.5 Å². The van der Waals surface area contributed by atoms with Crippen LogP contribution in [0.2, 0.25) is 0 Å². The van der Waals surface area contributed by atoms with Crippen molar-refractivity contribution in [1.29, 1.82) is 0 Å². The summed E-state index contributed by atoms with van der Waals surface area (Å²) in [4.78, 5) is 38.4. The van der Waals surface area contributed by atoms with Gasteiger partial charge < -0.3 is 15.4 Å². The molecule has 0 radical (unpaired) electrons. The summed E-state index contributed by atoms with van der Waals surface area (Å²) in [6.07, 6.45) is 0.944. The van der Waals surface area contributed by atoms with Crippen LogP contribution in [0.1, 0.15) is 27.9 Å². The third kappa shape index (κ3) is 5.90. The van der Waals surface area contributed by atoms with Crippen molar-refractivity contribution < 1.29 is 19.1 Å². The number of nitrogens with zero attached hydrogens (tertiary/aromatic N) is 1. The fourth-order valence-electron chi connectivity index (χ4n) is 3.49. The molecule has 3 rings (SSSR count). The second-order valence-electron chi connectivity index (χ2n) is 7.25. The van der Waals surface area contributed by atoms with Gasteiger partial charge in [-0.1, -0.05) is 42.5 Å². The molecule has 0 aliphatic carbocycles. The van der Waals surface area contributed by atoms with Crippen LogP contribution < -0.4 is 10.6 Å². The molecule has 1 atom stereocenters. The predicted molar refractivity (Wildman–Crippen MR) is 113 cm³/mol. The number of carbonyl (C=O) groups is 3. The Kier molecular flexibility index (Phi) is 7.57. The highest BCUT2D eigenvalue weighted by Crippen LogP contribution is 2.12. The molecular weight excluding hydrogens is 382 g/mol. The molecule has 0 aromatic heterocycles. The van der Waals surface area contributed by atoms with E-state index in [2.05, 4.69) is 32.4 Å². The largest absolute Gasteiger partial charge is 0.465 e. The molecule has 2 aromatic rings. The van der Waals surface area contributed by atoms with Crippen molar-refractivity contribution in [3.05, 3.63) is 71.3 Å². The molecule has 2 amide bonds. The molecule has 0 spiro atoms. The van der Waals surface area contributed by atoms with Gasteiger partial charge >= 0.3 is 5.97 Å². The number of benzene rings is 2. The number of nitrogens with one attached hydrogen (secondary N) is 2. The number of carbonyl (C=O) groups excluding carboxylic acids is 3. The molecule has 1 saturated heterocycles. The third-order valence-corrected chi connectivity index (χ3v) is 5.22. The van der Waals surface area contributed by atoms with Crippen LogP contribution >= 0.6 is 0 Å². The molecular formula is C23H27N3O4. The number of ether oxygens (including phenoxy) is 1. The standard InChI is InChI=1S/C23H27N3O4/c1-30-23(29)19-9-7-18(8-10-19)16-25-21(27)15-20-22(28)24-12-14-26(20)13-11-17-5-3-2-4-6-17/h2-10,20H,11-16H2,1H3,(H,24,28)(H,25,27). The van der Waals surface area contributed by atoms with Crippen molar-refractivity contribution in [2.75, 3.05) is 26.7 Å². The van der Waals surface area contributed by atoms with Crippen molar-refractivity contribution >= 4 is 17.8 Å². The van der Waals surface area contributed by atoms with Crippen LogP contribution in [0.4, 0.5) is 0 Å². The molecule has 1 fully saturated rings. The van der Waals surface area contributed by atoms with Crippen molar-refractivity contribution in [2.24, 2.45) is 0 Å². The van der Waals surface area contributed by atoms with E-state index in [1.807, 2.05) is 18.2 Å². The molecule has 1 unspecified atom stereocenters. The molecule has 2 N–H and O–H groups in total. The zero-order valence-electron chi connectivity index (χ0n) is 17.1. The fourth-order valence-corrected chi connectivity index (χ4v) is 3.49. The maximum absolute atomic E-state index is 12.5. The summed E-state index contributed by atoms with van der Waals surface area (Å²) in [6, 6.07) is 16.5. The number of rotatable bonds is 8. The van der Waals surface area contributed by atoms with Gasteiger partial charge in [-0.15, -0.1) is 0 Å². The molecule has 158 valence electrons. The predicted octanol–water partition coefficient (Wildman–Crippen LogP) is 1.52. The topological polar surface area (TPSA) is 87.7 Å². The van der Waals surface area contributed by atoms with Gasteiger partial charge in [-0.25, -0.2) is 4.79 Å². The Labute approximate surface area is 176 Å². The number of piperazine rings is 1. The average molecular weight is 409 g/mol. The number of methoxy groups -OCH3 is 1. The first-order chi connectivity index (χ1) is 14.6. The smallest absolute Gasteiger partial charge is 0.337 e. The highest BCUT2D eigenvalue weighted by Gasteiger charge is 2.31. The summed E-state index contributed by atoms with van der Waals surface area (Å²) >= 11 is 0. The van der Waals surface area contributed by atoms with E-state index in [4.69, 9.17) is 0 Å². The Hall–Kier alpha value is -3.19. The van der Waals surface area contributed by atoms with Crippen LogP contribution in [-0.2, 0) is 27.3 Å². The quantitative estimate of drug-likeness (QED) is 0.646. The lowest BCUT2D eigenvalue weighted by atomic mass is 10.1. The number of amides is 2. The van der Waals surface area contributed by atoms with Crippen molar-refractivity contribution in [1.82, 2.24) is 15.5 Å². The molecule has 7 nitrogen and oxygen atoms in total. The second-order valence-corrected chi connectivity index (χ2v) is 7.25. The first kappa shape index (κ1) is 21.5. The molecule has 2 aromatic carbocycles. The molecule has 30 heavy (non-hydrogen) atoms. The van der Waals surface area contributed by atoms with E-state index in [9.17, 15) is 14.4 Å². The number of esters is 1. The number of hydrogen-bond donors (Lipinski definition) is 2. The van der Waals surface area contributed by atoms with Gasteiger partial charge in [0.2, 0.25) is 11.8 Å². The van der Waals surface area contributed by atoms with Crippen LogP contribution in [-0.4, -0.2) is 55.5 Å². The van der Waals surface area contributed by atoms with Crippen molar-refractivity contribution in [2.45, 2.75) is 25.4 Å². The Morgan fingerprint density at radius 3 is 2.53 bits per heavy atom. The summed E-state index contributed by atoms with van der Waals surface area (Å²) < 4.78 is 4.68. The maximum atomic E-state index is 12.5. The summed E-state index contributed by atoms with van der Waals surface area (Å²) in [7, 11) is 1.33. The highest BCUT2D eigenvalue weighted by molar-refractivity contribution is 5.89. The lowest BCUT2D eigenvalue weighted by molar-refractivity contribution is -0.133. The van der Waals surface area contributed by atoms with E-state index >= 15 is 0 Å². The highest BCUT2D eigenvalue weighted by atomic mass is 16.5. The third-order valence-electron chi connectivity index (χ3n) is 5.22. The molecule has 7 heteroatoms. The zero-order chi connectivity index (χ0) is 21.3. The van der Waals surface area contributed by atoms with Gasteiger partial charge in [0.05, 0.1) is 25.1 Å². The normalized spacial score (nSPS) is 16.6. The SMILES string of the molecule is COC(=O)c1ccc(CNC(=O)CC2C(=O)NCCN2CCc2ccccc2)cc1. The Morgan fingerprint density at radius 2 is 1.83 bits per heavy atom. The van der Waals surface area contributed by atoms with Crippen LogP contribution in [0.15, 0.2) is 54.6 Å². The fraction of sp³-hybridized carbons (Fsp3) is 0.348. The van der Waals surface area contributed by atoms with Gasteiger partial charge in [-0.05, 0) is 29.7 Å². The molecule has 1 heterocycles. The lowest BCUT2D eigenvalue weighted by Gasteiger charge is -2.34. The van der Waals surface area contributed by atoms with Gasteiger partial charge in [0, 0.05) is 26.2 Å². The minimum absolute atomic E-state index is 0.105. The summed E-state index contributed by atoms with van der Waals surface area (Å²) in [5.74, 6) is -0.685. The van der Waals surface area contributed by atoms with E-state index in [1.54, 1.807) is 24.3 Å². The van der Waals surface area contributed by atoms with Crippen LogP contribution in [0.25, 0.3) is 0 Å². The minimum atomic E-state index is -0.468. The zero-order valence-corrected chi connectivity index (χ0v) is 17.1. The number of hydrogen-bond acceptors (Lipinski definition) is 5. The van der Waals surface area contributed by atoms with E-state index in [1.165, 1.54) is 12.7 Å². The van der Waals surface area contributed by atoms with E-state index in [0.717, 1.165) is 25.1 Å². The molecule has 1 aliphatic heterocycles. The molecule has 1 aliphatic rings. The summed E-state index contributed by atoms with van der Waals surface area (Å²) in [5, 5.41) is 5.72. The molecule has 0 bridgehead atoms. The van der Waals surface area contributed by atoms with Crippen LogP contribution in [0.3, 0.4) is 0 Å². The van der Waals surface area contributed by atoms with Gasteiger partial charge in [0.1, 0.15) is 0 Å². The monoisotopic (exact) mass is 409 g/mol. The Morgan fingerprint density at radius 1 is 1.10 bits per heavy atom. The second kappa shape index (κ2) is 10.5. The minimum Gasteiger partial charge on any atom is -0.465 e. The maximum Gasteiger partial charge on any atom is 0.337 e. The van der Waals surface area contributed by atoms with E-state index in [-0.39, 0.29) is 18.2 Å². The lowest BCUT2D eigenvalue weighted by Crippen LogP contribution is -2.56. The molecule has 0 saturated carbocycles. The summed E-state index contributed by atoms with van der Waals surface area (Å²) in [5.41, 5.74) is 2.53. The van der Waals surface area contributed by atoms with Crippen LogP contribution in [0.5, 0.6) is 0 Å². The van der Waals surface area contributed by atoms with E-state index in [0.29, 0.717) is 18.7 Å². The Balaban J connectivity index is 1.52. The van der Waals surface area contributed by atoms with Gasteiger partial charge in [0.15, 0.2) is 0 Å². The van der Waals surface area contributed by atoms with E-state index < -0.39 is 12.0 Å². The Bertz CT molecular complexity index is 868. The first-order valence-electron chi connectivity index (χ1n) is 10.1. The first-order valence-corrected chi connectivity index (χ1v) is 10.1. The average Bonchev–Trinajstić information content (AvgIpc) is 2.78. The van der Waals surface area contributed by atoms with Crippen molar-refractivity contribution in [3.63, 3.8) is 0 Å². The van der Waals surface area contributed by atoms with Crippen molar-refractivity contribution in [3.8, 4) is 0 Å². The van der Waals surface area contributed by atoms with Gasteiger partial charge in [0.25, 0.3) is 0 Å². The summed E-state index contributed by atoms with van der Waals surface area (Å²) in [6.45, 7) is 2.38. The van der Waals surface area contributed by atoms with Gasteiger partial charge in [-0.2, -0.15) is 0 Å².